The maximum absolute atomic E-state index is 13.5. The van der Waals surface area contributed by atoms with Crippen LogP contribution < -0.4 is 5.32 Å². The third-order valence-electron chi connectivity index (χ3n) is 6.21. The molecule has 0 radical (unpaired) electrons. The van der Waals surface area contributed by atoms with Gasteiger partial charge in [-0.25, -0.2) is 4.39 Å². The average Bonchev–Trinajstić information content (AvgIpc) is 3.16. The Labute approximate surface area is 184 Å². The standard InChI is InChI=1S/C25H23FN4O2/c1-15(31)30-9-7-16(8-10-30)23-13-21-20-12-19(5-6-22(20)29-24(21)14-27-23)28-25(32)17-3-2-4-18(26)11-17/h2-6,11-14,16,29H,7-10H2,1H3,(H,28,32). The number of amides is 2. The average molecular weight is 430 g/mol. The molecule has 1 aliphatic rings. The molecule has 32 heavy (non-hydrogen) atoms. The first-order chi connectivity index (χ1) is 15.5. The normalized spacial score (nSPS) is 14.8. The maximum atomic E-state index is 13.5. The third kappa shape index (κ3) is 3.82. The van der Waals surface area contributed by atoms with Crippen LogP contribution in [0.15, 0.2) is 54.7 Å². The molecule has 2 amide bonds. The van der Waals surface area contributed by atoms with Gasteiger partial charge in [-0.3, -0.25) is 14.6 Å². The van der Waals surface area contributed by atoms with Crippen molar-refractivity contribution in [1.29, 1.82) is 0 Å². The van der Waals surface area contributed by atoms with E-state index in [9.17, 15) is 14.0 Å². The smallest absolute Gasteiger partial charge is 0.255 e. The maximum Gasteiger partial charge on any atom is 0.255 e. The van der Waals surface area contributed by atoms with E-state index in [-0.39, 0.29) is 17.4 Å². The van der Waals surface area contributed by atoms with Gasteiger partial charge in [0.15, 0.2) is 0 Å². The molecular weight excluding hydrogens is 407 g/mol. The van der Waals surface area contributed by atoms with E-state index in [2.05, 4.69) is 21.4 Å². The molecule has 2 N–H and O–H groups in total. The van der Waals surface area contributed by atoms with Crippen molar-refractivity contribution in [3.8, 4) is 0 Å². The molecule has 4 aromatic rings. The van der Waals surface area contributed by atoms with Crippen LogP contribution in [0.4, 0.5) is 10.1 Å². The van der Waals surface area contributed by atoms with Gasteiger partial charge in [0, 0.05) is 59.2 Å². The van der Waals surface area contributed by atoms with Gasteiger partial charge in [0.05, 0.1) is 11.7 Å². The Morgan fingerprint density at radius 1 is 1.06 bits per heavy atom. The highest BCUT2D eigenvalue weighted by Gasteiger charge is 2.23. The van der Waals surface area contributed by atoms with Crippen LogP contribution in [0.5, 0.6) is 0 Å². The number of piperidine rings is 1. The number of hydrogen-bond acceptors (Lipinski definition) is 3. The Morgan fingerprint density at radius 3 is 2.59 bits per heavy atom. The summed E-state index contributed by atoms with van der Waals surface area (Å²) in [6.07, 6.45) is 3.65. The second kappa shape index (κ2) is 8.07. The molecule has 0 aliphatic carbocycles. The monoisotopic (exact) mass is 430 g/mol. The van der Waals surface area contributed by atoms with E-state index in [1.807, 2.05) is 29.3 Å². The molecule has 0 spiro atoms. The van der Waals surface area contributed by atoms with Crippen LogP contribution in [-0.4, -0.2) is 39.8 Å². The predicted octanol–water partition coefficient (Wildman–Crippen LogP) is 4.83. The summed E-state index contributed by atoms with van der Waals surface area (Å²) in [4.78, 5) is 34.0. The van der Waals surface area contributed by atoms with Crippen molar-refractivity contribution in [2.75, 3.05) is 18.4 Å². The Hall–Kier alpha value is -3.74. The lowest BCUT2D eigenvalue weighted by molar-refractivity contribution is -0.129. The van der Waals surface area contributed by atoms with Crippen molar-refractivity contribution in [1.82, 2.24) is 14.9 Å². The van der Waals surface area contributed by atoms with E-state index in [1.54, 1.807) is 13.0 Å². The molecule has 0 bridgehead atoms. The summed E-state index contributed by atoms with van der Waals surface area (Å²) in [5, 5.41) is 4.88. The van der Waals surface area contributed by atoms with Crippen LogP contribution in [0.3, 0.4) is 0 Å². The van der Waals surface area contributed by atoms with Gasteiger partial charge in [-0.15, -0.1) is 0 Å². The number of carbonyl (C=O) groups excluding carboxylic acids is 2. The Balaban J connectivity index is 1.43. The summed E-state index contributed by atoms with van der Waals surface area (Å²) in [6, 6.07) is 13.4. The van der Waals surface area contributed by atoms with E-state index in [0.717, 1.165) is 53.4 Å². The summed E-state index contributed by atoms with van der Waals surface area (Å²) in [7, 11) is 0. The largest absolute Gasteiger partial charge is 0.353 e. The van der Waals surface area contributed by atoms with Gasteiger partial charge in [0.1, 0.15) is 5.82 Å². The minimum absolute atomic E-state index is 0.122. The molecule has 0 atom stereocenters. The number of H-pyrrole nitrogens is 1. The van der Waals surface area contributed by atoms with Crippen LogP contribution in [0.25, 0.3) is 21.8 Å². The van der Waals surface area contributed by atoms with Crippen LogP contribution >= 0.6 is 0 Å². The highest BCUT2D eigenvalue weighted by molar-refractivity contribution is 6.10. The number of carbonyl (C=O) groups is 2. The van der Waals surface area contributed by atoms with E-state index in [1.165, 1.54) is 18.2 Å². The topological polar surface area (TPSA) is 78.1 Å². The highest BCUT2D eigenvalue weighted by Crippen LogP contribution is 2.32. The van der Waals surface area contributed by atoms with Gasteiger partial charge in [-0.2, -0.15) is 0 Å². The molecule has 2 aromatic carbocycles. The number of pyridine rings is 1. The summed E-state index contributed by atoms with van der Waals surface area (Å²) in [6.45, 7) is 3.12. The Morgan fingerprint density at radius 2 is 1.84 bits per heavy atom. The van der Waals surface area contributed by atoms with Gasteiger partial charge in [0.2, 0.25) is 5.91 Å². The zero-order chi connectivity index (χ0) is 22.2. The minimum Gasteiger partial charge on any atom is -0.353 e. The van der Waals surface area contributed by atoms with Crippen molar-refractivity contribution < 1.29 is 14.0 Å². The Kier molecular flexibility index (Phi) is 5.09. The van der Waals surface area contributed by atoms with Crippen molar-refractivity contribution in [2.24, 2.45) is 0 Å². The number of nitrogens with zero attached hydrogens (tertiary/aromatic N) is 2. The Bertz CT molecular complexity index is 1340. The van der Waals surface area contributed by atoms with Crippen LogP contribution in [0.1, 0.15) is 41.7 Å². The fourth-order valence-electron chi connectivity index (χ4n) is 4.44. The molecule has 7 heteroatoms. The molecule has 2 aromatic heterocycles. The molecule has 1 aliphatic heterocycles. The van der Waals surface area contributed by atoms with Crippen molar-refractivity contribution in [2.45, 2.75) is 25.7 Å². The fourth-order valence-corrected chi connectivity index (χ4v) is 4.44. The lowest BCUT2D eigenvalue weighted by Gasteiger charge is -2.31. The van der Waals surface area contributed by atoms with Gasteiger partial charge < -0.3 is 15.2 Å². The number of likely N-dealkylation sites (tertiary alicyclic amines) is 1. The van der Waals surface area contributed by atoms with E-state index in [4.69, 9.17) is 0 Å². The van der Waals surface area contributed by atoms with Crippen molar-refractivity contribution >= 4 is 39.3 Å². The third-order valence-corrected chi connectivity index (χ3v) is 6.21. The first kappa shape index (κ1) is 20.2. The number of fused-ring (bicyclic) bond motifs is 3. The molecule has 3 heterocycles. The molecule has 1 saturated heterocycles. The summed E-state index contributed by atoms with van der Waals surface area (Å²) >= 11 is 0. The number of halogens is 1. The number of aromatic amines is 1. The highest BCUT2D eigenvalue weighted by atomic mass is 19.1. The number of hydrogen-bond donors (Lipinski definition) is 2. The lowest BCUT2D eigenvalue weighted by atomic mass is 9.92. The quantitative estimate of drug-likeness (QED) is 0.489. The van der Waals surface area contributed by atoms with Crippen molar-refractivity contribution in [3.63, 3.8) is 0 Å². The van der Waals surface area contributed by atoms with Gasteiger partial charge in [0.25, 0.3) is 5.91 Å². The van der Waals surface area contributed by atoms with E-state index >= 15 is 0 Å². The lowest BCUT2D eigenvalue weighted by Crippen LogP contribution is -2.36. The molecule has 0 unspecified atom stereocenters. The van der Waals surface area contributed by atoms with Gasteiger partial charge in [-0.1, -0.05) is 6.07 Å². The molecular formula is C25H23FN4O2. The second-order valence-electron chi connectivity index (χ2n) is 8.28. The molecule has 1 fully saturated rings. The first-order valence-corrected chi connectivity index (χ1v) is 10.7. The van der Waals surface area contributed by atoms with Crippen LogP contribution in [0, 0.1) is 5.82 Å². The molecule has 6 nitrogen and oxygen atoms in total. The number of aromatic nitrogens is 2. The van der Waals surface area contributed by atoms with Crippen LogP contribution in [0.2, 0.25) is 0 Å². The van der Waals surface area contributed by atoms with E-state index in [0.29, 0.717) is 11.6 Å². The fraction of sp³-hybridized carbons (Fsp3) is 0.240. The number of anilines is 1. The van der Waals surface area contributed by atoms with Crippen LogP contribution in [-0.2, 0) is 4.79 Å². The van der Waals surface area contributed by atoms with Gasteiger partial charge in [-0.05, 0) is 55.3 Å². The molecule has 0 saturated carbocycles. The number of rotatable bonds is 3. The van der Waals surface area contributed by atoms with E-state index < -0.39 is 5.82 Å². The molecule has 5 rings (SSSR count). The molecule has 162 valence electrons. The minimum atomic E-state index is -0.445. The predicted molar refractivity (Wildman–Crippen MR) is 122 cm³/mol. The summed E-state index contributed by atoms with van der Waals surface area (Å²) in [5.74, 6) is -0.366. The number of nitrogens with one attached hydrogen (secondary N) is 2. The summed E-state index contributed by atoms with van der Waals surface area (Å²) < 4.78 is 13.5. The zero-order valence-electron chi connectivity index (χ0n) is 17.7. The van der Waals surface area contributed by atoms with Crippen molar-refractivity contribution in [3.05, 3.63) is 71.8 Å². The zero-order valence-corrected chi connectivity index (χ0v) is 17.7. The first-order valence-electron chi connectivity index (χ1n) is 10.7. The van der Waals surface area contributed by atoms with Gasteiger partial charge >= 0.3 is 0 Å². The summed E-state index contributed by atoms with van der Waals surface area (Å²) in [5.41, 5.74) is 3.82. The number of benzene rings is 2. The second-order valence-corrected chi connectivity index (χ2v) is 8.28. The SMILES string of the molecule is CC(=O)N1CCC(c2cc3c(cn2)[nH]c2ccc(NC(=O)c4cccc(F)c4)cc23)CC1.